The molecular weight excluding hydrogens is 274 g/mol. The molecule has 1 aliphatic carbocycles. The summed E-state index contributed by atoms with van der Waals surface area (Å²) in [7, 11) is 0. The largest absolute Gasteiger partial charge is 0.476 e. The van der Waals surface area contributed by atoms with Gasteiger partial charge in [-0.2, -0.15) is 0 Å². The molecule has 2 heterocycles. The summed E-state index contributed by atoms with van der Waals surface area (Å²) in [5.41, 5.74) is -0.0419. The number of likely N-dealkylation sites (tertiary alicyclic amines) is 1. The minimum Gasteiger partial charge on any atom is -0.476 e. The van der Waals surface area contributed by atoms with Gasteiger partial charge in [-0.15, -0.1) is 0 Å². The van der Waals surface area contributed by atoms with Crippen molar-refractivity contribution in [3.05, 3.63) is 18.2 Å². The summed E-state index contributed by atoms with van der Waals surface area (Å²) in [6, 6.07) is 0. The SMILES string of the molecule is CC1CC2C(=O)N(CCn3cnc(C(=O)O)c3)C(=O)C2C1. The molecule has 2 atom stereocenters. The van der Waals surface area contributed by atoms with Crippen LogP contribution < -0.4 is 0 Å². The third-order valence-corrected chi connectivity index (χ3v) is 4.40. The lowest BCUT2D eigenvalue weighted by Gasteiger charge is -2.16. The van der Waals surface area contributed by atoms with Crippen LogP contribution in [-0.4, -0.2) is 43.9 Å². The number of hydrogen-bond donors (Lipinski definition) is 1. The van der Waals surface area contributed by atoms with Gasteiger partial charge in [0.05, 0.1) is 18.2 Å². The number of imide groups is 1. The maximum absolute atomic E-state index is 12.3. The van der Waals surface area contributed by atoms with Crippen LogP contribution in [0.25, 0.3) is 0 Å². The fourth-order valence-electron chi connectivity index (χ4n) is 3.38. The number of nitrogens with zero attached hydrogens (tertiary/aromatic N) is 3. The molecule has 1 saturated carbocycles. The van der Waals surface area contributed by atoms with E-state index in [1.54, 1.807) is 4.57 Å². The third-order valence-electron chi connectivity index (χ3n) is 4.40. The van der Waals surface area contributed by atoms with Gasteiger partial charge in [0, 0.05) is 19.3 Å². The van der Waals surface area contributed by atoms with E-state index in [0.29, 0.717) is 12.5 Å². The minimum absolute atomic E-state index is 0.0419. The Balaban J connectivity index is 1.64. The van der Waals surface area contributed by atoms with E-state index in [1.165, 1.54) is 17.4 Å². The lowest BCUT2D eigenvalue weighted by Crippen LogP contribution is -2.34. The molecule has 7 nitrogen and oxygen atoms in total. The Kier molecular flexibility index (Phi) is 3.27. The average Bonchev–Trinajstić information content (AvgIpc) is 3.08. The molecule has 2 fully saturated rings. The molecule has 1 aromatic heterocycles. The summed E-state index contributed by atoms with van der Waals surface area (Å²) in [6.45, 7) is 2.71. The number of rotatable bonds is 4. The van der Waals surface area contributed by atoms with Crippen molar-refractivity contribution in [2.75, 3.05) is 6.54 Å². The Bertz CT molecular complexity index is 585. The summed E-state index contributed by atoms with van der Waals surface area (Å²) in [5, 5.41) is 8.80. The molecule has 1 aromatic rings. The number of aromatic nitrogens is 2. The third kappa shape index (κ3) is 2.32. The second kappa shape index (κ2) is 4.98. The first-order valence-corrected chi connectivity index (χ1v) is 7.07. The Morgan fingerprint density at radius 2 is 1.90 bits per heavy atom. The molecule has 2 aliphatic rings. The molecule has 0 radical (unpaired) electrons. The standard InChI is InChI=1S/C14H17N3O4/c1-8-4-9-10(5-8)13(19)17(12(9)18)3-2-16-6-11(14(20)21)15-7-16/h6-10H,2-5H2,1H3,(H,20,21). The Hall–Kier alpha value is -2.18. The molecule has 2 amide bonds. The average molecular weight is 291 g/mol. The number of carbonyl (C=O) groups is 3. The number of amides is 2. The lowest BCUT2D eigenvalue weighted by molar-refractivity contribution is -0.140. The van der Waals surface area contributed by atoms with Crippen LogP contribution in [0, 0.1) is 17.8 Å². The highest BCUT2D eigenvalue weighted by Gasteiger charge is 2.51. The lowest BCUT2D eigenvalue weighted by atomic mass is 10.00. The number of fused-ring (bicyclic) bond motifs is 1. The van der Waals surface area contributed by atoms with Gasteiger partial charge in [0.2, 0.25) is 11.8 Å². The normalized spacial score (nSPS) is 28.2. The van der Waals surface area contributed by atoms with Gasteiger partial charge in [0.15, 0.2) is 5.69 Å². The van der Waals surface area contributed by atoms with E-state index in [-0.39, 0.29) is 35.9 Å². The molecule has 1 N–H and O–H groups in total. The van der Waals surface area contributed by atoms with E-state index >= 15 is 0 Å². The summed E-state index contributed by atoms with van der Waals surface area (Å²) in [4.78, 5) is 40.3. The number of carbonyl (C=O) groups excluding carboxylic acids is 2. The zero-order valence-electron chi connectivity index (χ0n) is 11.7. The van der Waals surface area contributed by atoms with Crippen molar-refractivity contribution in [2.45, 2.75) is 26.3 Å². The van der Waals surface area contributed by atoms with Gasteiger partial charge < -0.3 is 9.67 Å². The zero-order valence-corrected chi connectivity index (χ0v) is 11.7. The Morgan fingerprint density at radius 1 is 1.29 bits per heavy atom. The van der Waals surface area contributed by atoms with Crippen molar-refractivity contribution >= 4 is 17.8 Å². The van der Waals surface area contributed by atoms with Gasteiger partial charge in [-0.25, -0.2) is 9.78 Å². The molecule has 21 heavy (non-hydrogen) atoms. The zero-order chi connectivity index (χ0) is 15.1. The number of imidazole rings is 1. The first-order valence-electron chi connectivity index (χ1n) is 7.07. The second-order valence-electron chi connectivity index (χ2n) is 5.92. The highest BCUT2D eigenvalue weighted by molar-refractivity contribution is 6.05. The fraction of sp³-hybridized carbons (Fsp3) is 0.571. The summed E-state index contributed by atoms with van der Waals surface area (Å²) >= 11 is 0. The van der Waals surface area contributed by atoms with Gasteiger partial charge in [-0.05, 0) is 18.8 Å². The molecule has 1 saturated heterocycles. The molecular formula is C14H17N3O4. The second-order valence-corrected chi connectivity index (χ2v) is 5.92. The van der Waals surface area contributed by atoms with Crippen LogP contribution >= 0.6 is 0 Å². The predicted molar refractivity (Wildman–Crippen MR) is 71.3 cm³/mol. The monoisotopic (exact) mass is 291 g/mol. The number of aromatic carboxylic acids is 1. The van der Waals surface area contributed by atoms with Crippen molar-refractivity contribution in [1.82, 2.24) is 14.5 Å². The van der Waals surface area contributed by atoms with E-state index < -0.39 is 5.97 Å². The first-order chi connectivity index (χ1) is 9.97. The van der Waals surface area contributed by atoms with Gasteiger partial charge in [-0.1, -0.05) is 6.92 Å². The predicted octanol–water partition coefficient (Wildman–Crippen LogP) is 0.612. The number of hydrogen-bond acceptors (Lipinski definition) is 4. The van der Waals surface area contributed by atoms with Crippen molar-refractivity contribution < 1.29 is 19.5 Å². The van der Waals surface area contributed by atoms with Crippen molar-refractivity contribution in [3.63, 3.8) is 0 Å². The van der Waals surface area contributed by atoms with Crippen LogP contribution in [0.3, 0.4) is 0 Å². The first kappa shape index (κ1) is 13.8. The van der Waals surface area contributed by atoms with Crippen LogP contribution in [0.5, 0.6) is 0 Å². The Morgan fingerprint density at radius 3 is 2.43 bits per heavy atom. The van der Waals surface area contributed by atoms with E-state index in [4.69, 9.17) is 5.11 Å². The van der Waals surface area contributed by atoms with Gasteiger partial charge in [-0.3, -0.25) is 14.5 Å². The van der Waals surface area contributed by atoms with E-state index in [0.717, 1.165) is 12.8 Å². The maximum Gasteiger partial charge on any atom is 0.356 e. The summed E-state index contributed by atoms with van der Waals surface area (Å²) in [5.74, 6) is -1.11. The Labute approximate surface area is 121 Å². The molecule has 0 bridgehead atoms. The van der Waals surface area contributed by atoms with Crippen molar-refractivity contribution in [3.8, 4) is 0 Å². The summed E-state index contributed by atoms with van der Waals surface area (Å²) < 4.78 is 1.58. The molecule has 0 aromatic carbocycles. The van der Waals surface area contributed by atoms with Crippen LogP contribution in [-0.2, 0) is 16.1 Å². The topological polar surface area (TPSA) is 92.5 Å². The van der Waals surface area contributed by atoms with Gasteiger partial charge >= 0.3 is 5.97 Å². The van der Waals surface area contributed by atoms with Crippen molar-refractivity contribution in [2.24, 2.45) is 17.8 Å². The number of carboxylic acid groups (broad SMARTS) is 1. The molecule has 112 valence electrons. The van der Waals surface area contributed by atoms with Crippen molar-refractivity contribution in [1.29, 1.82) is 0 Å². The maximum atomic E-state index is 12.3. The molecule has 3 rings (SSSR count). The molecule has 7 heteroatoms. The molecule has 1 aliphatic heterocycles. The van der Waals surface area contributed by atoms with E-state index in [2.05, 4.69) is 11.9 Å². The van der Waals surface area contributed by atoms with Crippen LogP contribution in [0.15, 0.2) is 12.5 Å². The van der Waals surface area contributed by atoms with Gasteiger partial charge in [0.25, 0.3) is 0 Å². The molecule has 2 unspecified atom stereocenters. The van der Waals surface area contributed by atoms with Crippen LogP contribution in [0.4, 0.5) is 0 Å². The van der Waals surface area contributed by atoms with Crippen LogP contribution in [0.2, 0.25) is 0 Å². The fourth-order valence-corrected chi connectivity index (χ4v) is 3.38. The van der Waals surface area contributed by atoms with Gasteiger partial charge in [0.1, 0.15) is 0 Å². The smallest absolute Gasteiger partial charge is 0.356 e. The summed E-state index contributed by atoms with van der Waals surface area (Å²) in [6.07, 6.45) is 4.38. The van der Waals surface area contributed by atoms with E-state index in [1.807, 2.05) is 0 Å². The quantitative estimate of drug-likeness (QED) is 0.821. The minimum atomic E-state index is -1.09. The van der Waals surface area contributed by atoms with Crippen LogP contribution in [0.1, 0.15) is 30.3 Å². The molecule has 0 spiro atoms. The number of carboxylic acids is 1. The highest BCUT2D eigenvalue weighted by Crippen LogP contribution is 2.42. The van der Waals surface area contributed by atoms with E-state index in [9.17, 15) is 14.4 Å². The highest BCUT2D eigenvalue weighted by atomic mass is 16.4.